The standard InChI is InChI=1S/C20H11FN2O4S2/c21-12-3-1-2-4-14(12)23-19(25)17(29-20(23)28)7-11-5-10-6-15-16(27-9-26-15)8-13(10)22-18(11)24/h1-8,25H,9H2/b11-7+. The number of rotatable bonds is 2. The van der Waals surface area contributed by atoms with Crippen LogP contribution in [0, 0.1) is 9.77 Å². The Kier molecular flexibility index (Phi) is 4.07. The molecule has 0 saturated heterocycles. The van der Waals surface area contributed by atoms with Gasteiger partial charge in [-0.1, -0.05) is 12.1 Å². The SMILES string of the molecule is O=C1N=c2cc3c(cc2=C/C1=C\c1sc(=S)n(-c2ccccc2F)c1O)OCO3. The van der Waals surface area contributed by atoms with Crippen LogP contribution in [0.25, 0.3) is 17.8 Å². The molecule has 5 rings (SSSR count). The minimum absolute atomic E-state index is 0.121. The lowest BCUT2D eigenvalue weighted by molar-refractivity contribution is -0.114. The van der Waals surface area contributed by atoms with Gasteiger partial charge in [-0.05, 0) is 42.6 Å². The number of nitrogens with zero attached hydrogens (tertiary/aromatic N) is 2. The minimum Gasteiger partial charge on any atom is -0.493 e. The molecule has 0 radical (unpaired) electrons. The van der Waals surface area contributed by atoms with Crippen molar-refractivity contribution in [2.75, 3.05) is 6.79 Å². The van der Waals surface area contributed by atoms with Gasteiger partial charge >= 0.3 is 0 Å². The zero-order valence-corrected chi connectivity index (χ0v) is 16.2. The van der Waals surface area contributed by atoms with Gasteiger partial charge < -0.3 is 14.6 Å². The molecule has 2 aromatic carbocycles. The van der Waals surface area contributed by atoms with E-state index in [4.69, 9.17) is 21.7 Å². The number of aromatic nitrogens is 1. The van der Waals surface area contributed by atoms with Crippen molar-refractivity contribution in [3.8, 4) is 23.1 Å². The molecule has 144 valence electrons. The van der Waals surface area contributed by atoms with Gasteiger partial charge in [-0.15, -0.1) is 11.3 Å². The summed E-state index contributed by atoms with van der Waals surface area (Å²) in [6.45, 7) is 0.121. The number of benzene rings is 2. The second-order valence-corrected chi connectivity index (χ2v) is 7.94. The Morgan fingerprint density at radius 1 is 1.24 bits per heavy atom. The molecule has 0 unspecified atom stereocenters. The van der Waals surface area contributed by atoms with E-state index in [2.05, 4.69) is 4.99 Å². The molecule has 3 aromatic rings. The van der Waals surface area contributed by atoms with Crippen molar-refractivity contribution in [2.24, 2.45) is 4.99 Å². The van der Waals surface area contributed by atoms with Crippen molar-refractivity contribution >= 4 is 41.6 Å². The van der Waals surface area contributed by atoms with Crippen LogP contribution >= 0.6 is 23.6 Å². The largest absolute Gasteiger partial charge is 0.493 e. The fourth-order valence-electron chi connectivity index (χ4n) is 3.13. The summed E-state index contributed by atoms with van der Waals surface area (Å²) in [4.78, 5) is 16.9. The molecule has 29 heavy (non-hydrogen) atoms. The lowest BCUT2D eigenvalue weighted by atomic mass is 10.1. The number of thiazole rings is 1. The van der Waals surface area contributed by atoms with Crippen LogP contribution in [0.3, 0.4) is 0 Å². The number of carbonyl (C=O) groups excluding carboxylic acids is 1. The zero-order chi connectivity index (χ0) is 20.1. The highest BCUT2D eigenvalue weighted by Crippen LogP contribution is 2.33. The van der Waals surface area contributed by atoms with E-state index in [0.29, 0.717) is 27.0 Å². The number of aromatic hydroxyl groups is 1. The number of fused-ring (bicyclic) bond motifs is 2. The molecule has 0 fully saturated rings. The first-order chi connectivity index (χ1) is 14.0. The maximum Gasteiger partial charge on any atom is 0.277 e. The van der Waals surface area contributed by atoms with Crippen LogP contribution in [-0.2, 0) is 4.79 Å². The van der Waals surface area contributed by atoms with E-state index in [1.54, 1.807) is 30.3 Å². The summed E-state index contributed by atoms with van der Waals surface area (Å²) in [5.41, 5.74) is 0.404. The maximum absolute atomic E-state index is 14.2. The number of carbonyl (C=O) groups is 1. The molecule has 0 saturated carbocycles. The minimum atomic E-state index is -0.517. The van der Waals surface area contributed by atoms with Crippen LogP contribution in [0.5, 0.6) is 17.4 Å². The van der Waals surface area contributed by atoms with E-state index < -0.39 is 11.7 Å². The molecular weight excluding hydrogens is 415 g/mol. The first-order valence-corrected chi connectivity index (χ1v) is 9.69. The molecule has 1 aromatic heterocycles. The summed E-state index contributed by atoms with van der Waals surface area (Å²) in [7, 11) is 0. The number of para-hydroxylation sites is 1. The molecule has 0 atom stereocenters. The van der Waals surface area contributed by atoms with Gasteiger partial charge in [-0.25, -0.2) is 9.38 Å². The highest BCUT2D eigenvalue weighted by atomic mass is 32.1. The topological polar surface area (TPSA) is 73.1 Å². The Hall–Kier alpha value is -3.30. The summed E-state index contributed by atoms with van der Waals surface area (Å²) < 4.78 is 26.3. The summed E-state index contributed by atoms with van der Waals surface area (Å²) in [5, 5.41) is 11.8. The highest BCUT2D eigenvalue weighted by Gasteiger charge is 2.19. The van der Waals surface area contributed by atoms with E-state index in [0.717, 1.165) is 11.3 Å². The molecule has 0 bridgehead atoms. The Morgan fingerprint density at radius 2 is 2.00 bits per heavy atom. The van der Waals surface area contributed by atoms with Gasteiger partial charge in [0.1, 0.15) is 5.82 Å². The fraction of sp³-hybridized carbons (Fsp3) is 0.0500. The summed E-state index contributed by atoms with van der Waals surface area (Å²) in [6.07, 6.45) is 3.15. The van der Waals surface area contributed by atoms with E-state index >= 15 is 0 Å². The predicted octanol–water partition coefficient (Wildman–Crippen LogP) is 2.87. The Labute approximate surface area is 172 Å². The fourth-order valence-corrected chi connectivity index (χ4v) is 4.42. The molecule has 0 spiro atoms. The van der Waals surface area contributed by atoms with Crippen LogP contribution in [0.2, 0.25) is 0 Å². The number of amides is 1. The van der Waals surface area contributed by atoms with Gasteiger partial charge in [0.05, 0.1) is 15.9 Å². The van der Waals surface area contributed by atoms with Crippen LogP contribution in [0.15, 0.2) is 47.0 Å². The number of hydrogen-bond acceptors (Lipinski definition) is 6. The highest BCUT2D eigenvalue weighted by molar-refractivity contribution is 7.73. The average molecular weight is 426 g/mol. The van der Waals surface area contributed by atoms with Crippen molar-refractivity contribution in [1.82, 2.24) is 4.57 Å². The third kappa shape index (κ3) is 2.95. The first-order valence-electron chi connectivity index (χ1n) is 8.47. The Bertz CT molecular complexity index is 1400. The van der Waals surface area contributed by atoms with Crippen LogP contribution in [0.1, 0.15) is 4.88 Å². The van der Waals surface area contributed by atoms with Crippen LogP contribution in [0.4, 0.5) is 4.39 Å². The second kappa shape index (κ2) is 6.64. The molecule has 2 aliphatic rings. The molecule has 2 aliphatic heterocycles. The van der Waals surface area contributed by atoms with Gasteiger partial charge in [0.15, 0.2) is 15.5 Å². The third-order valence-electron chi connectivity index (χ3n) is 4.49. The molecular formula is C20H11FN2O4S2. The number of ether oxygens (including phenoxy) is 2. The van der Waals surface area contributed by atoms with E-state index in [1.807, 2.05) is 0 Å². The molecule has 9 heteroatoms. The van der Waals surface area contributed by atoms with Crippen molar-refractivity contribution in [2.45, 2.75) is 0 Å². The smallest absolute Gasteiger partial charge is 0.277 e. The zero-order valence-electron chi connectivity index (χ0n) is 14.6. The van der Waals surface area contributed by atoms with Gasteiger partial charge in [-0.2, -0.15) is 0 Å². The van der Waals surface area contributed by atoms with Crippen molar-refractivity contribution in [3.05, 3.63) is 67.2 Å². The molecule has 6 nitrogen and oxygen atoms in total. The van der Waals surface area contributed by atoms with Crippen molar-refractivity contribution in [1.29, 1.82) is 0 Å². The Balaban J connectivity index is 1.63. The second-order valence-electron chi connectivity index (χ2n) is 6.27. The summed E-state index contributed by atoms with van der Waals surface area (Å²) >= 11 is 6.36. The van der Waals surface area contributed by atoms with Crippen LogP contribution < -0.4 is 20.0 Å². The van der Waals surface area contributed by atoms with Gasteiger partial charge in [0, 0.05) is 16.9 Å². The maximum atomic E-state index is 14.2. The quantitative estimate of drug-likeness (QED) is 0.504. The lowest BCUT2D eigenvalue weighted by Gasteiger charge is -2.06. The molecule has 0 aliphatic carbocycles. The van der Waals surface area contributed by atoms with Crippen LogP contribution in [-0.4, -0.2) is 22.4 Å². The van der Waals surface area contributed by atoms with Crippen molar-refractivity contribution < 1.29 is 23.8 Å². The monoisotopic (exact) mass is 426 g/mol. The van der Waals surface area contributed by atoms with E-state index in [-0.39, 0.29) is 27.9 Å². The summed E-state index contributed by atoms with van der Waals surface area (Å²) in [5.74, 6) is -0.106. The van der Waals surface area contributed by atoms with Gasteiger partial charge in [0.2, 0.25) is 12.7 Å². The third-order valence-corrected chi connectivity index (χ3v) is 5.80. The molecule has 1 amide bonds. The predicted molar refractivity (Wildman–Crippen MR) is 107 cm³/mol. The molecule has 3 heterocycles. The normalized spacial score (nSPS) is 15.8. The molecule has 1 N–H and O–H groups in total. The number of halogens is 1. The lowest BCUT2D eigenvalue weighted by Crippen LogP contribution is -2.30. The number of hydrogen-bond donors (Lipinski definition) is 1. The van der Waals surface area contributed by atoms with Gasteiger partial charge in [0.25, 0.3) is 5.91 Å². The van der Waals surface area contributed by atoms with E-state index in [1.165, 1.54) is 22.8 Å². The first kappa shape index (κ1) is 17.8. The Morgan fingerprint density at radius 3 is 2.79 bits per heavy atom. The van der Waals surface area contributed by atoms with Gasteiger partial charge in [-0.3, -0.25) is 9.36 Å². The summed E-state index contributed by atoms with van der Waals surface area (Å²) in [6, 6.07) is 9.39. The van der Waals surface area contributed by atoms with Crippen molar-refractivity contribution in [3.63, 3.8) is 0 Å². The average Bonchev–Trinajstić information content (AvgIpc) is 3.25. The van der Waals surface area contributed by atoms with E-state index in [9.17, 15) is 14.3 Å².